The van der Waals surface area contributed by atoms with Gasteiger partial charge in [-0.25, -0.2) is 8.78 Å². The Kier molecular flexibility index (Phi) is 4.04. The third-order valence-corrected chi connectivity index (χ3v) is 3.24. The minimum absolute atomic E-state index is 0.237. The van der Waals surface area contributed by atoms with E-state index < -0.39 is 29.6 Å². The Hall–Kier alpha value is -2.27. The van der Waals surface area contributed by atoms with Gasteiger partial charge in [-0.1, -0.05) is 24.3 Å². The second-order valence-electron chi connectivity index (χ2n) is 5.05. The Morgan fingerprint density at radius 2 is 1.76 bits per heavy atom. The van der Waals surface area contributed by atoms with Crippen LogP contribution in [0.15, 0.2) is 42.5 Å². The van der Waals surface area contributed by atoms with Crippen LogP contribution in [-0.2, 0) is 10.4 Å². The van der Waals surface area contributed by atoms with E-state index in [0.717, 1.165) is 12.1 Å². The maximum Gasteiger partial charge on any atom is 0.306 e. The van der Waals surface area contributed by atoms with Gasteiger partial charge < -0.3 is 10.2 Å². The van der Waals surface area contributed by atoms with E-state index in [1.165, 1.54) is 25.1 Å². The molecule has 0 amide bonds. The number of carboxylic acid groups (broad SMARTS) is 1. The van der Waals surface area contributed by atoms with Crippen molar-refractivity contribution in [1.29, 1.82) is 0 Å². The second-order valence-corrected chi connectivity index (χ2v) is 5.05. The highest BCUT2D eigenvalue weighted by Gasteiger charge is 2.26. The molecular weight excluding hydrogens is 278 g/mol. The van der Waals surface area contributed by atoms with Gasteiger partial charge >= 0.3 is 5.97 Å². The highest BCUT2D eigenvalue weighted by atomic mass is 19.1. The third-order valence-electron chi connectivity index (χ3n) is 3.24. The first-order chi connectivity index (χ1) is 9.79. The van der Waals surface area contributed by atoms with Gasteiger partial charge in [0.15, 0.2) is 0 Å². The Labute approximate surface area is 120 Å². The van der Waals surface area contributed by atoms with Crippen molar-refractivity contribution in [1.82, 2.24) is 0 Å². The van der Waals surface area contributed by atoms with Crippen LogP contribution in [0.1, 0.15) is 18.9 Å². The molecule has 0 aliphatic rings. The van der Waals surface area contributed by atoms with Crippen LogP contribution in [0, 0.1) is 11.6 Å². The Morgan fingerprint density at radius 3 is 2.29 bits per heavy atom. The van der Waals surface area contributed by atoms with Crippen LogP contribution in [-0.4, -0.2) is 16.2 Å². The molecule has 2 aromatic rings. The first-order valence-corrected chi connectivity index (χ1v) is 6.30. The predicted molar refractivity (Wildman–Crippen MR) is 73.6 cm³/mol. The maximum absolute atomic E-state index is 13.7. The van der Waals surface area contributed by atoms with E-state index in [2.05, 4.69) is 0 Å². The van der Waals surface area contributed by atoms with Gasteiger partial charge in [0.1, 0.15) is 11.6 Å². The molecular formula is C16H14F2O3. The summed E-state index contributed by atoms with van der Waals surface area (Å²) in [6.45, 7) is 1.40. The summed E-state index contributed by atoms with van der Waals surface area (Å²) >= 11 is 0. The minimum Gasteiger partial charge on any atom is -0.481 e. The van der Waals surface area contributed by atoms with E-state index in [9.17, 15) is 18.7 Å². The van der Waals surface area contributed by atoms with Gasteiger partial charge in [-0.2, -0.15) is 0 Å². The number of hydrogen-bond acceptors (Lipinski definition) is 2. The highest BCUT2D eigenvalue weighted by Crippen LogP contribution is 2.28. The molecule has 0 saturated heterocycles. The van der Waals surface area contributed by atoms with Crippen molar-refractivity contribution in [2.24, 2.45) is 0 Å². The fourth-order valence-corrected chi connectivity index (χ4v) is 2.13. The normalized spacial score (nSPS) is 13.7. The fourth-order valence-electron chi connectivity index (χ4n) is 2.13. The number of rotatable bonds is 4. The van der Waals surface area contributed by atoms with Crippen LogP contribution in [0.3, 0.4) is 0 Å². The quantitative estimate of drug-likeness (QED) is 0.909. The van der Waals surface area contributed by atoms with Gasteiger partial charge in [-0.3, -0.25) is 4.79 Å². The zero-order chi connectivity index (χ0) is 15.6. The van der Waals surface area contributed by atoms with Crippen LogP contribution >= 0.6 is 0 Å². The molecule has 0 radical (unpaired) electrons. The van der Waals surface area contributed by atoms with E-state index in [-0.39, 0.29) is 5.56 Å². The molecule has 0 saturated carbocycles. The van der Waals surface area contributed by atoms with Crippen molar-refractivity contribution in [3.05, 3.63) is 59.7 Å². The molecule has 2 aromatic carbocycles. The number of benzene rings is 2. The molecule has 21 heavy (non-hydrogen) atoms. The van der Waals surface area contributed by atoms with E-state index >= 15 is 0 Å². The molecule has 110 valence electrons. The second kappa shape index (κ2) is 5.61. The summed E-state index contributed by atoms with van der Waals surface area (Å²) in [4.78, 5) is 10.7. The zero-order valence-electron chi connectivity index (χ0n) is 11.3. The third kappa shape index (κ3) is 3.44. The van der Waals surface area contributed by atoms with Crippen molar-refractivity contribution in [2.45, 2.75) is 18.9 Å². The molecule has 0 aliphatic carbocycles. The van der Waals surface area contributed by atoms with E-state index in [4.69, 9.17) is 5.11 Å². The molecule has 1 atom stereocenters. The average molecular weight is 292 g/mol. The van der Waals surface area contributed by atoms with E-state index in [1.54, 1.807) is 12.1 Å². The molecule has 0 aromatic heterocycles. The summed E-state index contributed by atoms with van der Waals surface area (Å²) in [5, 5.41) is 18.9. The van der Waals surface area contributed by atoms with Crippen molar-refractivity contribution in [3.8, 4) is 11.1 Å². The Bertz CT molecular complexity index is 664. The molecule has 0 bridgehead atoms. The zero-order valence-corrected chi connectivity index (χ0v) is 11.3. The first-order valence-electron chi connectivity index (χ1n) is 6.30. The molecule has 2 rings (SSSR count). The molecule has 3 nitrogen and oxygen atoms in total. The van der Waals surface area contributed by atoms with Gasteiger partial charge in [0, 0.05) is 11.6 Å². The van der Waals surface area contributed by atoms with Gasteiger partial charge in [0.05, 0.1) is 12.0 Å². The van der Waals surface area contributed by atoms with E-state index in [1.807, 2.05) is 0 Å². The predicted octanol–water partition coefficient (Wildman–Crippen LogP) is 3.31. The number of aliphatic carboxylic acids is 1. The highest BCUT2D eigenvalue weighted by molar-refractivity contribution is 5.69. The molecule has 1 unspecified atom stereocenters. The van der Waals surface area contributed by atoms with Crippen molar-refractivity contribution in [3.63, 3.8) is 0 Å². The molecule has 0 fully saturated rings. The van der Waals surface area contributed by atoms with Gasteiger partial charge in [0.2, 0.25) is 0 Å². The number of aliphatic hydroxyl groups is 1. The molecule has 5 heteroatoms. The maximum atomic E-state index is 13.7. The summed E-state index contributed by atoms with van der Waals surface area (Å²) in [5.41, 5.74) is -0.342. The van der Waals surface area contributed by atoms with Crippen LogP contribution in [0.2, 0.25) is 0 Å². The van der Waals surface area contributed by atoms with Crippen LogP contribution in [0.25, 0.3) is 11.1 Å². The molecule has 0 spiro atoms. The smallest absolute Gasteiger partial charge is 0.306 e. The number of hydrogen-bond donors (Lipinski definition) is 2. The fraction of sp³-hybridized carbons (Fsp3) is 0.188. The Morgan fingerprint density at radius 1 is 1.14 bits per heavy atom. The SMILES string of the molecule is CC(O)(CC(=O)O)c1ccc(-c2ccc(F)cc2F)cc1. The van der Waals surface area contributed by atoms with Crippen molar-refractivity contribution >= 4 is 5.97 Å². The lowest BCUT2D eigenvalue weighted by atomic mass is 9.91. The lowest BCUT2D eigenvalue weighted by Crippen LogP contribution is -2.24. The molecule has 0 aliphatic heterocycles. The first kappa shape index (κ1) is 15.1. The number of carbonyl (C=O) groups is 1. The average Bonchev–Trinajstić information content (AvgIpc) is 2.37. The number of carboxylic acids is 1. The monoisotopic (exact) mass is 292 g/mol. The van der Waals surface area contributed by atoms with Crippen molar-refractivity contribution < 1.29 is 23.8 Å². The lowest BCUT2D eigenvalue weighted by molar-refractivity contribution is -0.142. The summed E-state index contributed by atoms with van der Waals surface area (Å²) in [5.74, 6) is -2.45. The van der Waals surface area contributed by atoms with Crippen LogP contribution in [0.4, 0.5) is 8.78 Å². The molecule has 0 heterocycles. The van der Waals surface area contributed by atoms with Crippen molar-refractivity contribution in [2.75, 3.05) is 0 Å². The number of halogens is 2. The van der Waals surface area contributed by atoms with Crippen LogP contribution in [0.5, 0.6) is 0 Å². The largest absolute Gasteiger partial charge is 0.481 e. The van der Waals surface area contributed by atoms with Crippen LogP contribution < -0.4 is 0 Å². The lowest BCUT2D eigenvalue weighted by Gasteiger charge is -2.21. The minimum atomic E-state index is -1.51. The van der Waals surface area contributed by atoms with Gasteiger partial charge in [-0.15, -0.1) is 0 Å². The summed E-state index contributed by atoms with van der Waals surface area (Å²) < 4.78 is 26.6. The van der Waals surface area contributed by atoms with Gasteiger partial charge in [0.25, 0.3) is 0 Å². The molecule has 2 N–H and O–H groups in total. The standard InChI is InChI=1S/C16H14F2O3/c1-16(21,9-15(19)20)11-4-2-10(3-5-11)13-7-6-12(17)8-14(13)18/h2-8,21H,9H2,1H3,(H,19,20). The summed E-state index contributed by atoms with van der Waals surface area (Å²) in [6.07, 6.45) is -0.433. The topological polar surface area (TPSA) is 57.5 Å². The summed E-state index contributed by atoms with van der Waals surface area (Å²) in [7, 11) is 0. The Balaban J connectivity index is 2.32. The summed E-state index contributed by atoms with van der Waals surface area (Å²) in [6, 6.07) is 9.46. The van der Waals surface area contributed by atoms with Gasteiger partial charge in [-0.05, 0) is 30.2 Å². The van der Waals surface area contributed by atoms with E-state index in [0.29, 0.717) is 11.1 Å².